The van der Waals surface area contributed by atoms with E-state index in [9.17, 15) is 4.79 Å². The first-order chi connectivity index (χ1) is 11.7. The van der Waals surface area contributed by atoms with Crippen LogP contribution in [0.1, 0.15) is 28.8 Å². The first-order valence-corrected chi connectivity index (χ1v) is 8.27. The third-order valence-corrected chi connectivity index (χ3v) is 4.58. The normalized spacial score (nSPS) is 15.6. The Kier molecular flexibility index (Phi) is 3.76. The van der Waals surface area contributed by atoms with Crippen LogP contribution in [0, 0.1) is 6.92 Å². The minimum Gasteiger partial charge on any atom is -0.454 e. The predicted octanol–water partition coefficient (Wildman–Crippen LogP) is 3.58. The molecule has 4 rings (SSSR count). The maximum absolute atomic E-state index is 12.6. The first-order valence-electron chi connectivity index (χ1n) is 8.27. The van der Waals surface area contributed by atoms with E-state index >= 15 is 0 Å². The maximum atomic E-state index is 12.6. The summed E-state index contributed by atoms with van der Waals surface area (Å²) in [6.45, 7) is 4.37. The number of nitrogens with zero attached hydrogens (tertiary/aromatic N) is 1. The van der Waals surface area contributed by atoms with Crippen molar-refractivity contribution in [2.75, 3.05) is 30.1 Å². The highest BCUT2D eigenvalue weighted by molar-refractivity contribution is 6.05. The summed E-state index contributed by atoms with van der Waals surface area (Å²) in [5.41, 5.74) is 3.62. The highest BCUT2D eigenvalue weighted by Crippen LogP contribution is 2.33. The van der Waals surface area contributed by atoms with E-state index in [1.165, 1.54) is 18.5 Å². The fraction of sp³-hybridized carbons (Fsp3) is 0.316. The first kappa shape index (κ1) is 14.9. The van der Waals surface area contributed by atoms with Crippen molar-refractivity contribution in [3.8, 4) is 11.5 Å². The maximum Gasteiger partial charge on any atom is 0.255 e. The van der Waals surface area contributed by atoms with Gasteiger partial charge in [-0.15, -0.1) is 0 Å². The zero-order valence-corrected chi connectivity index (χ0v) is 13.7. The van der Waals surface area contributed by atoms with Crippen LogP contribution in [0.15, 0.2) is 36.4 Å². The largest absolute Gasteiger partial charge is 0.454 e. The van der Waals surface area contributed by atoms with Crippen molar-refractivity contribution in [2.45, 2.75) is 19.8 Å². The number of anilines is 2. The minimum atomic E-state index is -0.144. The molecule has 1 saturated heterocycles. The Morgan fingerprint density at radius 3 is 2.67 bits per heavy atom. The molecule has 0 unspecified atom stereocenters. The molecule has 2 aliphatic rings. The van der Waals surface area contributed by atoms with Gasteiger partial charge in [-0.3, -0.25) is 4.79 Å². The Morgan fingerprint density at radius 1 is 1.04 bits per heavy atom. The summed E-state index contributed by atoms with van der Waals surface area (Å²) in [5.74, 6) is 1.15. The van der Waals surface area contributed by atoms with Crippen LogP contribution < -0.4 is 19.7 Å². The van der Waals surface area contributed by atoms with Gasteiger partial charge < -0.3 is 19.7 Å². The summed E-state index contributed by atoms with van der Waals surface area (Å²) in [6, 6.07) is 11.5. The second-order valence-electron chi connectivity index (χ2n) is 6.22. The quantitative estimate of drug-likeness (QED) is 0.937. The minimum absolute atomic E-state index is 0.144. The molecule has 2 heterocycles. The molecule has 5 heteroatoms. The number of hydrogen-bond acceptors (Lipinski definition) is 4. The molecule has 0 radical (unpaired) electrons. The van der Waals surface area contributed by atoms with Crippen LogP contribution in [0.2, 0.25) is 0 Å². The van der Waals surface area contributed by atoms with E-state index < -0.39 is 0 Å². The second-order valence-corrected chi connectivity index (χ2v) is 6.22. The van der Waals surface area contributed by atoms with Crippen molar-refractivity contribution in [1.29, 1.82) is 0 Å². The van der Waals surface area contributed by atoms with E-state index in [1.807, 2.05) is 6.92 Å². The number of fused-ring (bicyclic) bond motifs is 1. The molecule has 2 aliphatic heterocycles. The molecule has 5 nitrogen and oxygen atoms in total. The van der Waals surface area contributed by atoms with Gasteiger partial charge >= 0.3 is 0 Å². The lowest BCUT2D eigenvalue weighted by molar-refractivity contribution is 0.102. The van der Waals surface area contributed by atoms with Gasteiger partial charge in [0, 0.05) is 30.0 Å². The smallest absolute Gasteiger partial charge is 0.255 e. The molecule has 124 valence electrons. The van der Waals surface area contributed by atoms with E-state index in [-0.39, 0.29) is 12.7 Å². The molecule has 1 N–H and O–H groups in total. The van der Waals surface area contributed by atoms with Crippen LogP contribution in [0.5, 0.6) is 11.5 Å². The number of rotatable bonds is 3. The van der Waals surface area contributed by atoms with Crippen LogP contribution in [0.25, 0.3) is 0 Å². The van der Waals surface area contributed by atoms with E-state index in [1.54, 1.807) is 18.2 Å². The van der Waals surface area contributed by atoms with Gasteiger partial charge in [-0.25, -0.2) is 0 Å². The number of ether oxygens (including phenoxy) is 2. The second kappa shape index (κ2) is 6.07. The van der Waals surface area contributed by atoms with E-state index in [2.05, 4.69) is 28.4 Å². The molecule has 0 bridgehead atoms. The van der Waals surface area contributed by atoms with Gasteiger partial charge in [-0.1, -0.05) is 6.07 Å². The van der Waals surface area contributed by atoms with Crippen LogP contribution >= 0.6 is 0 Å². The highest BCUT2D eigenvalue weighted by atomic mass is 16.7. The Hall–Kier alpha value is -2.69. The molecule has 1 fully saturated rings. The molecule has 0 saturated carbocycles. The molecule has 0 atom stereocenters. The molecule has 0 aromatic heterocycles. The van der Waals surface area contributed by atoms with Gasteiger partial charge in [0.15, 0.2) is 11.5 Å². The van der Waals surface area contributed by atoms with Crippen LogP contribution in [-0.4, -0.2) is 25.8 Å². The molecular weight excluding hydrogens is 304 g/mol. The van der Waals surface area contributed by atoms with Crippen LogP contribution in [0.3, 0.4) is 0 Å². The van der Waals surface area contributed by atoms with Gasteiger partial charge in [0.2, 0.25) is 6.79 Å². The topological polar surface area (TPSA) is 50.8 Å². The number of hydrogen-bond donors (Lipinski definition) is 1. The molecule has 0 aliphatic carbocycles. The lowest BCUT2D eigenvalue weighted by atomic mass is 10.1. The summed E-state index contributed by atoms with van der Waals surface area (Å²) in [5, 5.41) is 3.02. The van der Waals surface area contributed by atoms with E-state index in [4.69, 9.17) is 9.47 Å². The fourth-order valence-electron chi connectivity index (χ4n) is 3.15. The van der Waals surface area contributed by atoms with Crippen LogP contribution in [-0.2, 0) is 0 Å². The van der Waals surface area contributed by atoms with Gasteiger partial charge in [-0.2, -0.15) is 0 Å². The molecule has 2 aromatic rings. The third-order valence-electron chi connectivity index (χ3n) is 4.58. The van der Waals surface area contributed by atoms with Crippen molar-refractivity contribution in [3.05, 3.63) is 47.5 Å². The number of amides is 1. The van der Waals surface area contributed by atoms with Crippen molar-refractivity contribution in [2.24, 2.45) is 0 Å². The Labute approximate surface area is 141 Å². The number of carbonyl (C=O) groups is 1. The summed E-state index contributed by atoms with van der Waals surface area (Å²) >= 11 is 0. The predicted molar refractivity (Wildman–Crippen MR) is 93.1 cm³/mol. The van der Waals surface area contributed by atoms with Crippen molar-refractivity contribution in [1.82, 2.24) is 0 Å². The summed E-state index contributed by atoms with van der Waals surface area (Å²) in [4.78, 5) is 14.9. The van der Waals surface area contributed by atoms with E-state index in [0.29, 0.717) is 17.1 Å². The third kappa shape index (κ3) is 2.77. The number of aryl methyl sites for hydroxylation is 1. The highest BCUT2D eigenvalue weighted by Gasteiger charge is 2.18. The summed E-state index contributed by atoms with van der Waals surface area (Å²) in [7, 11) is 0. The fourth-order valence-corrected chi connectivity index (χ4v) is 3.15. The van der Waals surface area contributed by atoms with Crippen LogP contribution in [0.4, 0.5) is 11.4 Å². The van der Waals surface area contributed by atoms with Gasteiger partial charge in [0.1, 0.15) is 0 Å². The molecule has 1 amide bonds. The van der Waals surface area contributed by atoms with Gasteiger partial charge in [0.25, 0.3) is 5.91 Å². The molecular formula is C19H20N2O3. The number of benzene rings is 2. The zero-order valence-electron chi connectivity index (χ0n) is 13.7. The monoisotopic (exact) mass is 324 g/mol. The Morgan fingerprint density at radius 2 is 1.83 bits per heavy atom. The molecule has 0 spiro atoms. The van der Waals surface area contributed by atoms with Crippen molar-refractivity contribution < 1.29 is 14.3 Å². The van der Waals surface area contributed by atoms with Gasteiger partial charge in [0.05, 0.1) is 0 Å². The zero-order chi connectivity index (χ0) is 16.5. The summed E-state index contributed by atoms with van der Waals surface area (Å²) < 4.78 is 10.6. The Balaban J connectivity index is 1.55. The standard InChI is InChI=1S/C19H20N2O3/c1-13-4-6-15(21-8-2-3-9-21)11-16(13)20-19(22)14-5-7-17-18(10-14)24-12-23-17/h4-7,10-11H,2-3,8-9,12H2,1H3,(H,20,22). The number of nitrogens with one attached hydrogen (secondary N) is 1. The van der Waals surface area contributed by atoms with Crippen molar-refractivity contribution >= 4 is 17.3 Å². The molecule has 24 heavy (non-hydrogen) atoms. The van der Waals surface area contributed by atoms with E-state index in [0.717, 1.165) is 24.3 Å². The van der Waals surface area contributed by atoms with Crippen molar-refractivity contribution in [3.63, 3.8) is 0 Å². The number of carbonyl (C=O) groups excluding carboxylic acids is 1. The summed E-state index contributed by atoms with van der Waals surface area (Å²) in [6.07, 6.45) is 2.46. The lowest BCUT2D eigenvalue weighted by Crippen LogP contribution is -2.18. The Bertz CT molecular complexity index is 782. The average molecular weight is 324 g/mol. The SMILES string of the molecule is Cc1ccc(N2CCCC2)cc1NC(=O)c1ccc2c(c1)OCO2. The van der Waals surface area contributed by atoms with Gasteiger partial charge in [-0.05, 0) is 55.7 Å². The average Bonchev–Trinajstić information content (AvgIpc) is 3.27. The lowest BCUT2D eigenvalue weighted by Gasteiger charge is -2.19. The molecule has 2 aromatic carbocycles.